The predicted octanol–water partition coefficient (Wildman–Crippen LogP) is 7.54. The molecule has 0 aliphatic heterocycles. The van der Waals surface area contributed by atoms with Gasteiger partial charge >= 0.3 is 5.97 Å². The van der Waals surface area contributed by atoms with E-state index in [9.17, 15) is 9.59 Å². The molecule has 4 aromatic carbocycles. The lowest BCUT2D eigenvalue weighted by molar-refractivity contribution is 0.00708. The lowest BCUT2D eigenvalue weighted by Crippen LogP contribution is -2.25. The predicted molar refractivity (Wildman–Crippen MR) is 142 cm³/mol. The van der Waals surface area contributed by atoms with Crippen molar-refractivity contribution in [3.05, 3.63) is 114 Å². The van der Waals surface area contributed by atoms with Crippen molar-refractivity contribution in [2.45, 2.75) is 33.3 Å². The Labute approximate surface area is 206 Å². The van der Waals surface area contributed by atoms with E-state index in [-0.39, 0.29) is 5.91 Å². The first kappa shape index (κ1) is 24.0. The van der Waals surface area contributed by atoms with E-state index in [1.807, 2.05) is 119 Å². The Hall–Kier alpha value is -4.18. The molecule has 0 aliphatic rings. The molecule has 4 aromatic rings. The summed E-state index contributed by atoms with van der Waals surface area (Å²) in [6.07, 6.45) is 0. The number of anilines is 1. The first-order valence-electron chi connectivity index (χ1n) is 11.6. The minimum absolute atomic E-state index is 0.282. The molecule has 0 saturated carbocycles. The third-order valence-corrected chi connectivity index (χ3v) is 5.58. The molecule has 4 rings (SSSR count). The van der Waals surface area contributed by atoms with Gasteiger partial charge in [-0.3, -0.25) is 4.79 Å². The van der Waals surface area contributed by atoms with Crippen molar-refractivity contribution in [2.75, 3.05) is 5.32 Å². The number of hydrogen-bond acceptors (Lipinski definition) is 3. The maximum Gasteiger partial charge on any atom is 0.340 e. The van der Waals surface area contributed by atoms with Crippen LogP contribution in [0.1, 0.15) is 47.1 Å². The zero-order valence-electron chi connectivity index (χ0n) is 20.5. The van der Waals surface area contributed by atoms with E-state index in [2.05, 4.69) is 5.32 Å². The van der Waals surface area contributed by atoms with E-state index in [1.54, 1.807) is 6.07 Å². The minimum Gasteiger partial charge on any atom is -0.456 e. The number of carbonyl (C=O) groups is 2. The van der Waals surface area contributed by atoms with Gasteiger partial charge in [0.15, 0.2) is 0 Å². The Morgan fingerprint density at radius 3 is 1.77 bits per heavy atom. The van der Waals surface area contributed by atoms with Crippen molar-refractivity contribution in [2.24, 2.45) is 0 Å². The van der Waals surface area contributed by atoms with Crippen LogP contribution in [0.2, 0.25) is 0 Å². The van der Waals surface area contributed by atoms with Crippen molar-refractivity contribution < 1.29 is 14.3 Å². The minimum atomic E-state index is -0.656. The second-order valence-electron chi connectivity index (χ2n) is 9.48. The van der Waals surface area contributed by atoms with Crippen LogP contribution in [0.25, 0.3) is 22.3 Å². The van der Waals surface area contributed by atoms with E-state index in [4.69, 9.17) is 4.74 Å². The molecule has 0 aromatic heterocycles. The maximum atomic E-state index is 13.5. The van der Waals surface area contributed by atoms with Crippen LogP contribution < -0.4 is 5.32 Å². The van der Waals surface area contributed by atoms with Crippen LogP contribution in [-0.4, -0.2) is 17.5 Å². The van der Waals surface area contributed by atoms with Crippen molar-refractivity contribution >= 4 is 17.6 Å². The number of aryl methyl sites for hydroxylation is 1. The number of amides is 1. The van der Waals surface area contributed by atoms with Gasteiger partial charge in [-0.1, -0.05) is 78.9 Å². The molecular weight excluding hydrogens is 434 g/mol. The average Bonchev–Trinajstić information content (AvgIpc) is 2.84. The quantitative estimate of drug-likeness (QED) is 0.311. The number of benzene rings is 4. The molecule has 0 heterocycles. The largest absolute Gasteiger partial charge is 0.456 e. The van der Waals surface area contributed by atoms with E-state index in [0.29, 0.717) is 16.8 Å². The Morgan fingerprint density at radius 2 is 1.20 bits per heavy atom. The van der Waals surface area contributed by atoms with Gasteiger partial charge in [0.25, 0.3) is 5.91 Å². The highest BCUT2D eigenvalue weighted by Crippen LogP contribution is 2.29. The zero-order valence-corrected chi connectivity index (χ0v) is 20.5. The smallest absolute Gasteiger partial charge is 0.340 e. The normalized spacial score (nSPS) is 11.1. The lowest BCUT2D eigenvalue weighted by Gasteiger charge is -2.21. The Balaban J connectivity index is 1.72. The standard InChI is InChI=1S/C31H29NO3/c1-21-15-16-24(22-11-7-5-8-12-22)19-27(21)29(33)32-28-20-25(23-13-9-6-10-14-23)17-18-26(28)30(34)35-31(2,3)4/h5-20H,1-4H3,(H,32,33). The summed E-state index contributed by atoms with van der Waals surface area (Å²) in [5, 5.41) is 2.98. The first-order valence-corrected chi connectivity index (χ1v) is 11.6. The molecule has 0 spiro atoms. The third kappa shape index (κ3) is 5.85. The van der Waals surface area contributed by atoms with Crippen LogP contribution in [0.15, 0.2) is 97.1 Å². The number of rotatable bonds is 5. The van der Waals surface area contributed by atoms with Crippen LogP contribution in [0.3, 0.4) is 0 Å². The van der Waals surface area contributed by atoms with Crippen LogP contribution in [-0.2, 0) is 4.74 Å². The molecule has 0 unspecified atom stereocenters. The van der Waals surface area contributed by atoms with Crippen LogP contribution in [0.5, 0.6) is 0 Å². The Morgan fingerprint density at radius 1 is 0.657 bits per heavy atom. The van der Waals surface area contributed by atoms with Gasteiger partial charge in [-0.05, 0) is 73.7 Å². The van der Waals surface area contributed by atoms with E-state index < -0.39 is 11.6 Å². The summed E-state index contributed by atoms with van der Waals surface area (Å²) in [4.78, 5) is 26.4. The molecule has 0 atom stereocenters. The summed E-state index contributed by atoms with van der Waals surface area (Å²) in [5.74, 6) is -0.766. The molecule has 176 valence electrons. The van der Waals surface area contributed by atoms with Crippen molar-refractivity contribution in [3.8, 4) is 22.3 Å². The summed E-state index contributed by atoms with van der Waals surface area (Å²) < 4.78 is 5.61. The molecule has 1 N–H and O–H groups in total. The van der Waals surface area contributed by atoms with Crippen LogP contribution in [0.4, 0.5) is 5.69 Å². The summed E-state index contributed by atoms with van der Waals surface area (Å²) >= 11 is 0. The van der Waals surface area contributed by atoms with E-state index >= 15 is 0 Å². The fourth-order valence-corrected chi connectivity index (χ4v) is 3.84. The molecular formula is C31H29NO3. The number of esters is 1. The van der Waals surface area contributed by atoms with Gasteiger partial charge < -0.3 is 10.1 Å². The number of hydrogen-bond donors (Lipinski definition) is 1. The molecule has 0 saturated heterocycles. The summed E-state index contributed by atoms with van der Waals surface area (Å²) in [5.41, 5.74) is 5.32. The van der Waals surface area contributed by atoms with Gasteiger partial charge in [0.05, 0.1) is 11.3 Å². The van der Waals surface area contributed by atoms with E-state index in [0.717, 1.165) is 27.8 Å². The second-order valence-corrected chi connectivity index (χ2v) is 9.48. The second kappa shape index (κ2) is 9.98. The van der Waals surface area contributed by atoms with Gasteiger partial charge in [-0.2, -0.15) is 0 Å². The van der Waals surface area contributed by atoms with Gasteiger partial charge in [0, 0.05) is 5.56 Å². The Bertz CT molecular complexity index is 1350. The fourth-order valence-electron chi connectivity index (χ4n) is 3.84. The highest BCUT2D eigenvalue weighted by Gasteiger charge is 2.22. The Kier molecular flexibility index (Phi) is 6.83. The monoisotopic (exact) mass is 463 g/mol. The molecule has 4 nitrogen and oxygen atoms in total. The average molecular weight is 464 g/mol. The van der Waals surface area contributed by atoms with Gasteiger partial charge in [0.1, 0.15) is 5.60 Å². The molecule has 0 aliphatic carbocycles. The molecule has 4 heteroatoms. The highest BCUT2D eigenvalue weighted by molar-refractivity contribution is 6.09. The van der Waals surface area contributed by atoms with Crippen LogP contribution in [0, 0.1) is 6.92 Å². The van der Waals surface area contributed by atoms with Crippen molar-refractivity contribution in [1.29, 1.82) is 0 Å². The summed E-state index contributed by atoms with van der Waals surface area (Å²) in [7, 11) is 0. The molecule has 1 amide bonds. The number of nitrogens with one attached hydrogen (secondary N) is 1. The zero-order chi connectivity index (χ0) is 25.0. The van der Waals surface area contributed by atoms with Crippen LogP contribution >= 0.6 is 0 Å². The lowest BCUT2D eigenvalue weighted by atomic mass is 9.98. The first-order chi connectivity index (χ1) is 16.7. The maximum absolute atomic E-state index is 13.5. The van der Waals surface area contributed by atoms with Gasteiger partial charge in [-0.25, -0.2) is 4.79 Å². The SMILES string of the molecule is Cc1ccc(-c2ccccc2)cc1C(=O)Nc1cc(-c2ccccc2)ccc1C(=O)OC(C)(C)C. The van der Waals surface area contributed by atoms with Gasteiger partial charge in [-0.15, -0.1) is 0 Å². The summed E-state index contributed by atoms with van der Waals surface area (Å²) in [6.45, 7) is 7.36. The third-order valence-electron chi connectivity index (χ3n) is 5.58. The van der Waals surface area contributed by atoms with Crippen molar-refractivity contribution in [3.63, 3.8) is 0 Å². The summed E-state index contributed by atoms with van der Waals surface area (Å²) in [6, 6.07) is 31.0. The molecule has 0 radical (unpaired) electrons. The molecule has 0 bridgehead atoms. The highest BCUT2D eigenvalue weighted by atomic mass is 16.6. The number of carbonyl (C=O) groups excluding carboxylic acids is 2. The molecule has 35 heavy (non-hydrogen) atoms. The fraction of sp³-hybridized carbons (Fsp3) is 0.161. The van der Waals surface area contributed by atoms with E-state index in [1.165, 1.54) is 0 Å². The topological polar surface area (TPSA) is 55.4 Å². The van der Waals surface area contributed by atoms with Gasteiger partial charge in [0.2, 0.25) is 0 Å². The number of ether oxygens (including phenoxy) is 1. The molecule has 0 fully saturated rings. The van der Waals surface area contributed by atoms with Crippen molar-refractivity contribution in [1.82, 2.24) is 0 Å².